The SMILES string of the molecule is CC1(C)CC(N)CC(C)(C)[15N]1[O]. The molecular formula is C9H19N2O. The van der Waals surface area contributed by atoms with Gasteiger partial charge in [0.05, 0.1) is 0 Å². The maximum absolute atomic E-state index is 11.8. The zero-order valence-electron chi connectivity index (χ0n) is 8.42. The first-order valence-electron chi connectivity index (χ1n) is 4.49. The van der Waals surface area contributed by atoms with Gasteiger partial charge in [0, 0.05) is 17.1 Å². The molecule has 0 amide bonds. The van der Waals surface area contributed by atoms with Crippen molar-refractivity contribution in [3.8, 4) is 0 Å². The van der Waals surface area contributed by atoms with Crippen LogP contribution in [0.4, 0.5) is 0 Å². The number of nitrogens with two attached hydrogens (primary N) is 1. The van der Waals surface area contributed by atoms with E-state index in [0.29, 0.717) is 0 Å². The summed E-state index contributed by atoms with van der Waals surface area (Å²) in [5.41, 5.74) is 5.27. The molecule has 0 spiro atoms. The highest BCUT2D eigenvalue weighted by Crippen LogP contribution is 2.35. The van der Waals surface area contributed by atoms with Crippen LogP contribution in [-0.2, 0) is 5.21 Å². The number of hydroxylamine groups is 2. The van der Waals surface area contributed by atoms with Gasteiger partial charge in [-0.25, -0.2) is 0 Å². The Morgan fingerprint density at radius 3 is 1.83 bits per heavy atom. The van der Waals surface area contributed by atoms with E-state index in [1.54, 1.807) is 0 Å². The quantitative estimate of drug-likeness (QED) is 0.560. The van der Waals surface area contributed by atoms with Gasteiger partial charge in [0.1, 0.15) is 0 Å². The summed E-state index contributed by atoms with van der Waals surface area (Å²) in [4.78, 5) is 0. The van der Waals surface area contributed by atoms with Crippen LogP contribution >= 0.6 is 0 Å². The second-order valence-electron chi connectivity index (χ2n) is 5.09. The zero-order chi connectivity index (χ0) is 9.57. The van der Waals surface area contributed by atoms with Gasteiger partial charge in [-0.1, -0.05) is 0 Å². The number of rotatable bonds is 0. The van der Waals surface area contributed by atoms with Gasteiger partial charge in [-0.3, -0.25) is 0 Å². The number of hydrogen-bond donors (Lipinski definition) is 1. The van der Waals surface area contributed by atoms with Crippen molar-refractivity contribution in [1.82, 2.24) is 5.06 Å². The molecule has 12 heavy (non-hydrogen) atoms. The van der Waals surface area contributed by atoms with Gasteiger partial charge in [-0.15, -0.1) is 10.3 Å². The number of nitrogens with zero attached hydrogens (tertiary/aromatic N) is 1. The van der Waals surface area contributed by atoms with E-state index in [0.717, 1.165) is 12.8 Å². The normalized spacial score (nSPS) is 30.5. The first-order valence-corrected chi connectivity index (χ1v) is 4.49. The Morgan fingerprint density at radius 1 is 1.17 bits per heavy atom. The lowest BCUT2D eigenvalue weighted by Gasteiger charge is -2.49. The Hall–Kier alpha value is -0.120. The van der Waals surface area contributed by atoms with Gasteiger partial charge >= 0.3 is 0 Å². The van der Waals surface area contributed by atoms with Crippen LogP contribution in [0.1, 0.15) is 40.5 Å². The summed E-state index contributed by atoms with van der Waals surface area (Å²) in [6.45, 7) is 7.84. The maximum atomic E-state index is 11.8. The Bertz CT molecular complexity index is 159. The van der Waals surface area contributed by atoms with Crippen LogP contribution in [0.15, 0.2) is 0 Å². The number of hydrogen-bond acceptors (Lipinski definition) is 2. The van der Waals surface area contributed by atoms with Crippen molar-refractivity contribution in [3.63, 3.8) is 0 Å². The minimum Gasteiger partial charge on any atom is -0.328 e. The van der Waals surface area contributed by atoms with Crippen molar-refractivity contribution in [2.24, 2.45) is 5.73 Å². The van der Waals surface area contributed by atoms with E-state index in [-0.39, 0.29) is 17.1 Å². The summed E-state index contributed by atoms with van der Waals surface area (Å²) >= 11 is 0. The third-order valence-corrected chi connectivity index (χ3v) is 2.62. The summed E-state index contributed by atoms with van der Waals surface area (Å²) in [6.07, 6.45) is 1.58. The average molecular weight is 172 g/mol. The molecule has 0 aromatic heterocycles. The van der Waals surface area contributed by atoms with Crippen LogP contribution < -0.4 is 5.73 Å². The van der Waals surface area contributed by atoms with Crippen molar-refractivity contribution in [3.05, 3.63) is 0 Å². The Kier molecular flexibility index (Phi) is 2.23. The van der Waals surface area contributed by atoms with E-state index >= 15 is 0 Å². The van der Waals surface area contributed by atoms with Crippen LogP contribution in [0.5, 0.6) is 0 Å². The van der Waals surface area contributed by atoms with Gasteiger partial charge in [-0.2, -0.15) is 0 Å². The third-order valence-electron chi connectivity index (χ3n) is 2.62. The second kappa shape index (κ2) is 2.69. The lowest BCUT2D eigenvalue weighted by atomic mass is 9.83. The van der Waals surface area contributed by atoms with E-state index in [1.165, 1.54) is 5.06 Å². The van der Waals surface area contributed by atoms with Gasteiger partial charge in [0.15, 0.2) is 0 Å². The summed E-state index contributed by atoms with van der Waals surface area (Å²) in [7, 11) is 0. The van der Waals surface area contributed by atoms with E-state index in [1.807, 2.05) is 27.7 Å². The number of piperidine rings is 1. The van der Waals surface area contributed by atoms with Crippen LogP contribution in [0.25, 0.3) is 0 Å². The summed E-state index contributed by atoms with van der Waals surface area (Å²) in [6, 6.07) is 0.167. The first kappa shape index (κ1) is 9.96. The Morgan fingerprint density at radius 2 is 1.50 bits per heavy atom. The van der Waals surface area contributed by atoms with Gasteiger partial charge in [-0.05, 0) is 40.5 Å². The molecule has 0 atom stereocenters. The van der Waals surface area contributed by atoms with Crippen molar-refractivity contribution >= 4 is 0 Å². The molecular weight excluding hydrogens is 153 g/mol. The first-order chi connectivity index (χ1) is 5.26. The molecule has 2 N–H and O–H groups in total. The molecule has 0 aliphatic carbocycles. The predicted octanol–water partition coefficient (Wildman–Crippen LogP) is 1.31. The fourth-order valence-electron chi connectivity index (χ4n) is 2.34. The average Bonchev–Trinajstić information content (AvgIpc) is 1.80. The highest BCUT2D eigenvalue weighted by Gasteiger charge is 2.44. The minimum atomic E-state index is -0.304. The molecule has 1 fully saturated rings. The molecule has 1 aliphatic rings. The molecule has 3 heteroatoms. The second-order valence-corrected chi connectivity index (χ2v) is 5.09. The predicted molar refractivity (Wildman–Crippen MR) is 47.9 cm³/mol. The van der Waals surface area contributed by atoms with E-state index in [4.69, 9.17) is 5.73 Å². The van der Waals surface area contributed by atoms with E-state index < -0.39 is 0 Å². The summed E-state index contributed by atoms with van der Waals surface area (Å²) in [5.74, 6) is 0. The van der Waals surface area contributed by atoms with Gasteiger partial charge in [0.2, 0.25) is 0 Å². The van der Waals surface area contributed by atoms with Crippen molar-refractivity contribution < 1.29 is 5.21 Å². The molecule has 0 unspecified atom stereocenters. The van der Waals surface area contributed by atoms with Gasteiger partial charge in [0.25, 0.3) is 0 Å². The highest BCUT2D eigenvalue weighted by molar-refractivity contribution is 4.97. The highest BCUT2D eigenvalue weighted by atomic mass is 16.8. The van der Waals surface area contributed by atoms with Crippen LogP contribution in [0.3, 0.4) is 0 Å². The topological polar surface area (TPSA) is 49.2 Å². The van der Waals surface area contributed by atoms with Crippen LogP contribution in [0, 0.1) is 0 Å². The molecule has 1 heterocycles. The molecule has 71 valence electrons. The third kappa shape index (κ3) is 1.63. The fourth-order valence-corrected chi connectivity index (χ4v) is 2.34. The fraction of sp³-hybridized carbons (Fsp3) is 1.00. The maximum Gasteiger partial charge on any atom is 0.0458 e. The molecule has 1 aliphatic heterocycles. The lowest BCUT2D eigenvalue weighted by Crippen LogP contribution is -2.61. The van der Waals surface area contributed by atoms with Crippen molar-refractivity contribution in [2.75, 3.05) is 0 Å². The van der Waals surface area contributed by atoms with Crippen molar-refractivity contribution in [1.29, 1.82) is 0 Å². The molecule has 3 nitrogen and oxygen atoms in total. The molecule has 0 aromatic rings. The monoisotopic (exact) mass is 172 g/mol. The summed E-state index contributed by atoms with van der Waals surface area (Å²) in [5, 5.41) is 13.0. The van der Waals surface area contributed by atoms with E-state index in [9.17, 15) is 5.21 Å². The molecule has 0 bridgehead atoms. The van der Waals surface area contributed by atoms with Gasteiger partial charge < -0.3 is 5.73 Å². The van der Waals surface area contributed by atoms with Crippen LogP contribution in [-0.4, -0.2) is 22.2 Å². The molecule has 1 saturated heterocycles. The Labute approximate surface area is 74.5 Å². The minimum absolute atomic E-state index is 0.167. The smallest absolute Gasteiger partial charge is 0.0458 e. The van der Waals surface area contributed by atoms with Crippen LogP contribution in [0.2, 0.25) is 0 Å². The molecule has 0 saturated carbocycles. The lowest BCUT2D eigenvalue weighted by molar-refractivity contribution is -0.288. The molecule has 1 radical (unpaired) electrons. The summed E-state index contributed by atoms with van der Waals surface area (Å²) < 4.78 is 0. The largest absolute Gasteiger partial charge is 0.328 e. The Balaban J connectivity index is 2.84. The molecule has 0 aromatic carbocycles. The van der Waals surface area contributed by atoms with Crippen molar-refractivity contribution in [2.45, 2.75) is 57.7 Å². The molecule has 1 rings (SSSR count). The van der Waals surface area contributed by atoms with E-state index in [2.05, 4.69) is 0 Å². The standard InChI is InChI=1S/C9H19N2O/c1-8(2)5-7(10)6-9(3,4)11(8)12/h7H,5-6,10H2,1-4H3/i11+1. The zero-order valence-corrected chi connectivity index (χ0v) is 8.42.